The van der Waals surface area contributed by atoms with E-state index in [0.717, 1.165) is 22.7 Å². The molecule has 0 atom stereocenters. The highest BCUT2D eigenvalue weighted by molar-refractivity contribution is 7.06. The van der Waals surface area contributed by atoms with Gasteiger partial charge in [-0.05, 0) is 38.4 Å². The Bertz CT molecular complexity index is 531. The van der Waals surface area contributed by atoms with Crippen molar-refractivity contribution in [2.45, 2.75) is 32.9 Å². The standard InChI is InChI=1S/C13H16ClN3S/c1-13(2,3)15-8-11-12(16-17-18-11)9-6-4-5-7-10(9)14/h4-7,15H,8H2,1-3H3. The number of halogens is 1. The smallest absolute Gasteiger partial charge is 0.111 e. The Morgan fingerprint density at radius 1 is 1.28 bits per heavy atom. The molecule has 18 heavy (non-hydrogen) atoms. The van der Waals surface area contributed by atoms with Crippen molar-refractivity contribution in [1.82, 2.24) is 14.9 Å². The van der Waals surface area contributed by atoms with Crippen molar-refractivity contribution < 1.29 is 0 Å². The fraction of sp³-hybridized carbons (Fsp3) is 0.385. The van der Waals surface area contributed by atoms with Crippen LogP contribution in [0.3, 0.4) is 0 Å². The van der Waals surface area contributed by atoms with Gasteiger partial charge in [0.15, 0.2) is 0 Å². The predicted molar refractivity (Wildman–Crippen MR) is 76.9 cm³/mol. The second-order valence-electron chi connectivity index (χ2n) is 5.13. The molecule has 2 rings (SSSR count). The van der Waals surface area contributed by atoms with Crippen LogP contribution in [0.5, 0.6) is 0 Å². The second kappa shape index (κ2) is 5.34. The van der Waals surface area contributed by atoms with Gasteiger partial charge in [0.05, 0.1) is 9.90 Å². The van der Waals surface area contributed by atoms with E-state index in [1.54, 1.807) is 0 Å². The second-order valence-corrected chi connectivity index (χ2v) is 6.37. The van der Waals surface area contributed by atoms with E-state index in [-0.39, 0.29) is 5.54 Å². The molecule has 96 valence electrons. The van der Waals surface area contributed by atoms with Crippen LogP contribution in [0.2, 0.25) is 5.02 Å². The van der Waals surface area contributed by atoms with Crippen LogP contribution in [0, 0.1) is 0 Å². The molecule has 0 aliphatic carbocycles. The summed E-state index contributed by atoms with van der Waals surface area (Å²) in [6, 6.07) is 7.72. The first-order chi connectivity index (χ1) is 8.47. The van der Waals surface area contributed by atoms with Gasteiger partial charge in [-0.2, -0.15) is 0 Å². The normalized spacial score (nSPS) is 11.8. The van der Waals surface area contributed by atoms with Gasteiger partial charge in [0.25, 0.3) is 0 Å². The van der Waals surface area contributed by atoms with Crippen LogP contribution in [-0.4, -0.2) is 15.1 Å². The van der Waals surface area contributed by atoms with Crippen LogP contribution < -0.4 is 5.32 Å². The summed E-state index contributed by atoms with van der Waals surface area (Å²) < 4.78 is 4.03. The average molecular weight is 282 g/mol. The summed E-state index contributed by atoms with van der Waals surface area (Å²) >= 11 is 7.61. The largest absolute Gasteiger partial charge is 0.307 e. The van der Waals surface area contributed by atoms with Crippen LogP contribution in [-0.2, 0) is 6.54 Å². The molecule has 0 aliphatic heterocycles. The Balaban J connectivity index is 2.26. The maximum Gasteiger partial charge on any atom is 0.111 e. The molecule has 0 saturated carbocycles. The third-order valence-electron chi connectivity index (χ3n) is 2.46. The molecule has 1 aromatic carbocycles. The third kappa shape index (κ3) is 3.28. The number of aromatic nitrogens is 2. The number of benzene rings is 1. The Morgan fingerprint density at radius 2 is 2.00 bits per heavy atom. The summed E-state index contributed by atoms with van der Waals surface area (Å²) in [5.74, 6) is 0. The van der Waals surface area contributed by atoms with Crippen LogP contribution in [0.25, 0.3) is 11.3 Å². The zero-order chi connectivity index (χ0) is 13.2. The molecular weight excluding hydrogens is 266 g/mol. The minimum Gasteiger partial charge on any atom is -0.307 e. The maximum atomic E-state index is 6.19. The molecule has 3 nitrogen and oxygen atoms in total. The molecule has 0 fully saturated rings. The lowest BCUT2D eigenvalue weighted by molar-refractivity contribution is 0.426. The Labute approximate surface area is 116 Å². The monoisotopic (exact) mass is 281 g/mol. The minimum absolute atomic E-state index is 0.0712. The van der Waals surface area contributed by atoms with E-state index in [2.05, 4.69) is 35.7 Å². The molecule has 5 heteroatoms. The highest BCUT2D eigenvalue weighted by Crippen LogP contribution is 2.30. The lowest BCUT2D eigenvalue weighted by atomic mass is 10.1. The predicted octanol–water partition coefficient (Wildman–Crippen LogP) is 3.75. The molecule has 1 N–H and O–H groups in total. The molecule has 0 saturated heterocycles. The van der Waals surface area contributed by atoms with Gasteiger partial charge in [0, 0.05) is 17.6 Å². The minimum atomic E-state index is 0.0712. The molecule has 1 aromatic heterocycles. The molecule has 0 bridgehead atoms. The van der Waals surface area contributed by atoms with E-state index in [4.69, 9.17) is 11.6 Å². The maximum absolute atomic E-state index is 6.19. The summed E-state index contributed by atoms with van der Waals surface area (Å²) in [5, 5.41) is 8.34. The van der Waals surface area contributed by atoms with E-state index in [1.807, 2.05) is 24.3 Å². The number of hydrogen-bond donors (Lipinski definition) is 1. The van der Waals surface area contributed by atoms with Gasteiger partial charge in [-0.3, -0.25) is 0 Å². The van der Waals surface area contributed by atoms with E-state index in [9.17, 15) is 0 Å². The topological polar surface area (TPSA) is 37.8 Å². The first-order valence-corrected chi connectivity index (χ1v) is 6.94. The van der Waals surface area contributed by atoms with Crippen LogP contribution in [0.1, 0.15) is 25.6 Å². The average Bonchev–Trinajstić information content (AvgIpc) is 2.74. The van der Waals surface area contributed by atoms with Crippen LogP contribution in [0.15, 0.2) is 24.3 Å². The van der Waals surface area contributed by atoms with Crippen molar-refractivity contribution in [3.05, 3.63) is 34.2 Å². The van der Waals surface area contributed by atoms with Crippen molar-refractivity contribution in [1.29, 1.82) is 0 Å². The Morgan fingerprint density at radius 3 is 2.67 bits per heavy atom. The van der Waals surface area contributed by atoms with Crippen molar-refractivity contribution in [3.63, 3.8) is 0 Å². The fourth-order valence-electron chi connectivity index (χ4n) is 1.53. The van der Waals surface area contributed by atoms with Gasteiger partial charge in [-0.15, -0.1) is 5.10 Å². The number of hydrogen-bond acceptors (Lipinski definition) is 4. The van der Waals surface area contributed by atoms with Crippen molar-refractivity contribution >= 4 is 23.1 Å². The van der Waals surface area contributed by atoms with Gasteiger partial charge in [0.2, 0.25) is 0 Å². The first kappa shape index (κ1) is 13.5. The summed E-state index contributed by atoms with van der Waals surface area (Å²) in [7, 11) is 0. The number of rotatable bonds is 3. The molecule has 0 radical (unpaired) electrons. The molecule has 0 amide bonds. The van der Waals surface area contributed by atoms with Crippen molar-refractivity contribution in [3.8, 4) is 11.3 Å². The molecule has 1 heterocycles. The Kier molecular flexibility index (Phi) is 4.00. The van der Waals surface area contributed by atoms with Crippen LogP contribution in [0.4, 0.5) is 0 Å². The summed E-state index contributed by atoms with van der Waals surface area (Å²) in [6.07, 6.45) is 0. The molecular formula is C13H16ClN3S. The lowest BCUT2D eigenvalue weighted by Crippen LogP contribution is -2.34. The Hall–Kier alpha value is -0.970. The first-order valence-electron chi connectivity index (χ1n) is 5.78. The fourth-order valence-corrected chi connectivity index (χ4v) is 2.35. The molecule has 0 unspecified atom stereocenters. The summed E-state index contributed by atoms with van der Waals surface area (Å²) in [5.41, 5.74) is 1.89. The number of nitrogens with one attached hydrogen (secondary N) is 1. The van der Waals surface area contributed by atoms with Gasteiger partial charge in [-0.1, -0.05) is 34.3 Å². The highest BCUT2D eigenvalue weighted by Gasteiger charge is 2.15. The molecule has 0 aliphatic rings. The van der Waals surface area contributed by atoms with Crippen molar-refractivity contribution in [2.24, 2.45) is 0 Å². The zero-order valence-electron chi connectivity index (χ0n) is 10.7. The van der Waals surface area contributed by atoms with Gasteiger partial charge < -0.3 is 5.32 Å². The zero-order valence-corrected chi connectivity index (χ0v) is 12.3. The van der Waals surface area contributed by atoms with Gasteiger partial charge >= 0.3 is 0 Å². The van der Waals surface area contributed by atoms with E-state index in [0.29, 0.717) is 5.02 Å². The summed E-state index contributed by atoms with van der Waals surface area (Å²) in [6.45, 7) is 7.16. The van der Waals surface area contributed by atoms with E-state index >= 15 is 0 Å². The van der Waals surface area contributed by atoms with Crippen molar-refractivity contribution in [2.75, 3.05) is 0 Å². The molecule has 0 spiro atoms. The van der Waals surface area contributed by atoms with E-state index in [1.165, 1.54) is 11.5 Å². The quantitative estimate of drug-likeness (QED) is 0.931. The van der Waals surface area contributed by atoms with Crippen LogP contribution >= 0.6 is 23.1 Å². The van der Waals surface area contributed by atoms with Gasteiger partial charge in [0.1, 0.15) is 5.69 Å². The highest BCUT2D eigenvalue weighted by atomic mass is 35.5. The lowest BCUT2D eigenvalue weighted by Gasteiger charge is -2.20. The third-order valence-corrected chi connectivity index (χ3v) is 3.52. The summed E-state index contributed by atoms with van der Waals surface area (Å²) in [4.78, 5) is 1.11. The SMILES string of the molecule is CC(C)(C)NCc1snnc1-c1ccccc1Cl. The molecule has 2 aromatic rings. The van der Waals surface area contributed by atoms with E-state index < -0.39 is 0 Å². The number of nitrogens with zero attached hydrogens (tertiary/aromatic N) is 2. The van der Waals surface area contributed by atoms with Gasteiger partial charge in [-0.25, -0.2) is 0 Å².